The molecule has 0 saturated heterocycles. The summed E-state index contributed by atoms with van der Waals surface area (Å²) in [5.74, 6) is 0.389. The number of hydrogen-bond donors (Lipinski definition) is 0. The Labute approximate surface area is 195 Å². The van der Waals surface area contributed by atoms with E-state index in [-0.39, 0.29) is 12.1 Å². The number of ether oxygens (including phenoxy) is 1. The number of benzene rings is 2. The highest BCUT2D eigenvalue weighted by molar-refractivity contribution is 7.76. The van der Waals surface area contributed by atoms with Gasteiger partial charge in [0.25, 0.3) is 0 Å². The number of carbonyl (C=O) groups is 1. The van der Waals surface area contributed by atoms with Gasteiger partial charge >= 0.3 is 5.97 Å². The van der Waals surface area contributed by atoms with E-state index in [1.807, 2.05) is 25.0 Å². The summed E-state index contributed by atoms with van der Waals surface area (Å²) in [4.78, 5) is 13.4. The van der Waals surface area contributed by atoms with Crippen LogP contribution in [0.1, 0.15) is 39.5 Å². The maximum Gasteiger partial charge on any atom is 0.314 e. The molecular weight excluding hydrogens is 411 g/mol. The summed E-state index contributed by atoms with van der Waals surface area (Å²) in [5.41, 5.74) is 3.21. The van der Waals surface area contributed by atoms with Crippen molar-refractivity contribution < 1.29 is 9.53 Å². The zero-order valence-corrected chi connectivity index (χ0v) is 20.0. The lowest BCUT2D eigenvalue weighted by molar-refractivity contribution is -0.145. The van der Waals surface area contributed by atoms with E-state index < -0.39 is 7.92 Å². The normalized spacial score (nSPS) is 14.8. The summed E-state index contributed by atoms with van der Waals surface area (Å²) in [6.07, 6.45) is 8.77. The first-order valence-electron chi connectivity index (χ1n) is 11.2. The molecule has 2 nitrogen and oxygen atoms in total. The molecule has 32 heavy (non-hydrogen) atoms. The lowest BCUT2D eigenvalue weighted by Crippen LogP contribution is -2.28. The van der Waals surface area contributed by atoms with Crippen molar-refractivity contribution in [1.29, 1.82) is 0 Å². The molecule has 0 aromatic heterocycles. The molecule has 1 aliphatic carbocycles. The smallest absolute Gasteiger partial charge is 0.314 e. The molecule has 0 amide bonds. The second-order valence-corrected chi connectivity index (χ2v) is 10.2. The van der Waals surface area contributed by atoms with Crippen molar-refractivity contribution in [2.24, 2.45) is 0 Å². The van der Waals surface area contributed by atoms with E-state index in [2.05, 4.69) is 82.0 Å². The lowest BCUT2D eigenvalue weighted by Gasteiger charge is -2.29. The van der Waals surface area contributed by atoms with Gasteiger partial charge in [-0.15, -0.1) is 0 Å². The average Bonchev–Trinajstić information content (AvgIpc) is 3.30. The van der Waals surface area contributed by atoms with Crippen LogP contribution in [0, 0.1) is 30.8 Å². The van der Waals surface area contributed by atoms with E-state index in [4.69, 9.17) is 4.74 Å². The van der Waals surface area contributed by atoms with Crippen LogP contribution in [-0.2, 0) is 9.53 Å². The van der Waals surface area contributed by atoms with Crippen LogP contribution in [-0.4, -0.2) is 12.1 Å². The summed E-state index contributed by atoms with van der Waals surface area (Å²) in [7, 11) is -0.863. The molecule has 0 unspecified atom stereocenters. The Morgan fingerprint density at radius 2 is 1.34 bits per heavy atom. The van der Waals surface area contributed by atoms with E-state index in [1.54, 1.807) is 0 Å². The molecule has 0 bridgehead atoms. The van der Waals surface area contributed by atoms with Crippen LogP contribution in [0.4, 0.5) is 0 Å². The Kier molecular flexibility index (Phi) is 9.30. The largest absolute Gasteiger partial charge is 0.461 e. The van der Waals surface area contributed by atoms with Gasteiger partial charge in [-0.25, -0.2) is 0 Å². The van der Waals surface area contributed by atoms with Crippen LogP contribution in [0.2, 0.25) is 0 Å². The lowest BCUT2D eigenvalue weighted by atomic mass is 10.00. The van der Waals surface area contributed by atoms with Crippen LogP contribution in [0.5, 0.6) is 0 Å². The second kappa shape index (κ2) is 12.2. The molecule has 2 aromatic rings. The third-order valence-corrected chi connectivity index (χ3v) is 8.09. The zero-order valence-electron chi connectivity index (χ0n) is 19.1. The number of esters is 1. The molecule has 0 heterocycles. The number of hydrogen-bond acceptors (Lipinski definition) is 2. The van der Waals surface area contributed by atoms with Crippen molar-refractivity contribution in [3.8, 4) is 0 Å². The molecular formula is C29H32O2P. The van der Waals surface area contributed by atoms with Crippen molar-refractivity contribution in [1.82, 2.24) is 0 Å². The molecule has 1 fully saturated rings. The summed E-state index contributed by atoms with van der Waals surface area (Å²) in [5, 5.41) is 2.42. The molecule has 2 aromatic carbocycles. The van der Waals surface area contributed by atoms with E-state index in [9.17, 15) is 4.79 Å². The molecule has 0 spiro atoms. The highest BCUT2D eigenvalue weighted by Gasteiger charge is 2.42. The molecule has 0 atom stereocenters. The first kappa shape index (κ1) is 24.5. The Morgan fingerprint density at radius 1 is 0.844 bits per heavy atom. The molecule has 165 valence electrons. The van der Waals surface area contributed by atoms with Gasteiger partial charge in [-0.2, -0.15) is 0 Å². The minimum atomic E-state index is -0.863. The van der Waals surface area contributed by atoms with Crippen LogP contribution in [0.15, 0.2) is 85.0 Å². The minimum absolute atomic E-state index is 0.232. The Hall–Kier alpha value is -2.18. The molecule has 5 radical (unpaired) electrons. The summed E-state index contributed by atoms with van der Waals surface area (Å²) in [6.45, 7) is 12.4. The molecule has 0 N–H and O–H groups in total. The zero-order chi connectivity index (χ0) is 22.9. The number of carbonyl (C=O) groups excluding carboxylic acids is 1. The Balaban J connectivity index is 1.83. The molecule has 3 heteroatoms. The Bertz CT molecular complexity index is 832. The predicted molar refractivity (Wildman–Crippen MR) is 136 cm³/mol. The van der Waals surface area contributed by atoms with Gasteiger partial charge in [-0.05, 0) is 50.6 Å². The maximum absolute atomic E-state index is 13.4. The van der Waals surface area contributed by atoms with Crippen molar-refractivity contribution in [3.05, 3.63) is 116 Å². The van der Waals surface area contributed by atoms with Gasteiger partial charge in [0.1, 0.15) is 12.0 Å². The fourth-order valence-corrected chi connectivity index (χ4v) is 6.10. The third-order valence-electron chi connectivity index (χ3n) is 5.59. The standard InChI is InChI=1S/C29H32O2P/c1-5-22(3)20-24(21-23(4)6-2)31-29(30)27-18-13-19-28(27)32(25-14-9-7-10-15-25)26-16-11-8-12-17-26/h7-19,24H,3-6,20-21H2,1-2H3. The van der Waals surface area contributed by atoms with Crippen molar-refractivity contribution >= 4 is 24.5 Å². The molecule has 1 saturated carbocycles. The highest BCUT2D eigenvalue weighted by Crippen LogP contribution is 2.56. The highest BCUT2D eigenvalue weighted by atomic mass is 31.1. The monoisotopic (exact) mass is 443 g/mol. The van der Waals surface area contributed by atoms with Crippen molar-refractivity contribution in [2.45, 2.75) is 45.6 Å². The fourth-order valence-electron chi connectivity index (χ4n) is 3.66. The van der Waals surface area contributed by atoms with E-state index in [0.29, 0.717) is 18.8 Å². The number of rotatable bonds is 11. The van der Waals surface area contributed by atoms with Crippen LogP contribution in [0.25, 0.3) is 0 Å². The first-order valence-corrected chi connectivity index (χ1v) is 12.6. The van der Waals surface area contributed by atoms with Gasteiger partial charge < -0.3 is 4.74 Å². The van der Waals surface area contributed by atoms with Crippen LogP contribution >= 0.6 is 7.92 Å². The first-order chi connectivity index (χ1) is 15.5. The third kappa shape index (κ3) is 6.42. The SMILES string of the molecule is C=C(CC)CC(CC(=C)CC)OC(=O)[C]1[CH][CH][CH][C]1P(c1ccccc1)c1ccccc1. The topological polar surface area (TPSA) is 26.3 Å². The van der Waals surface area contributed by atoms with E-state index >= 15 is 0 Å². The van der Waals surface area contributed by atoms with E-state index in [0.717, 1.165) is 29.6 Å². The van der Waals surface area contributed by atoms with Gasteiger partial charge in [0.2, 0.25) is 0 Å². The van der Waals surface area contributed by atoms with E-state index in [1.165, 1.54) is 10.6 Å². The summed E-state index contributed by atoms with van der Waals surface area (Å²) < 4.78 is 6.05. The Morgan fingerprint density at radius 3 is 1.81 bits per heavy atom. The van der Waals surface area contributed by atoms with Crippen molar-refractivity contribution in [2.75, 3.05) is 0 Å². The quantitative estimate of drug-likeness (QED) is 0.226. The minimum Gasteiger partial charge on any atom is -0.461 e. The fraction of sp³-hybridized carbons (Fsp3) is 0.241. The molecule has 3 rings (SSSR count). The molecule has 1 aliphatic rings. The summed E-state index contributed by atoms with van der Waals surface area (Å²) in [6, 6.07) is 20.8. The second-order valence-electron chi connectivity index (χ2n) is 7.97. The van der Waals surface area contributed by atoms with Gasteiger partial charge in [0.15, 0.2) is 0 Å². The van der Waals surface area contributed by atoms with Gasteiger partial charge in [0, 0.05) is 18.5 Å². The summed E-state index contributed by atoms with van der Waals surface area (Å²) >= 11 is 0. The average molecular weight is 444 g/mol. The van der Waals surface area contributed by atoms with Crippen LogP contribution in [0.3, 0.4) is 0 Å². The molecule has 0 aliphatic heterocycles. The van der Waals surface area contributed by atoms with Gasteiger partial charge in [0.05, 0.1) is 0 Å². The van der Waals surface area contributed by atoms with Crippen LogP contribution < -0.4 is 10.6 Å². The maximum atomic E-state index is 13.4. The van der Waals surface area contributed by atoms with Gasteiger partial charge in [-0.1, -0.05) is 98.8 Å². The predicted octanol–water partition coefficient (Wildman–Crippen LogP) is 6.48. The van der Waals surface area contributed by atoms with Crippen molar-refractivity contribution in [3.63, 3.8) is 0 Å². The van der Waals surface area contributed by atoms with Gasteiger partial charge in [-0.3, -0.25) is 4.79 Å².